The minimum atomic E-state index is 0.326. The Kier molecular flexibility index (Phi) is 2.42. The zero-order valence-corrected chi connectivity index (χ0v) is 12.8. The Morgan fingerprint density at radius 3 is 2.57 bits per heavy atom. The number of aryl methyl sites for hydroxylation is 1. The molecular weight excluding hydrogens is 258 g/mol. The van der Waals surface area contributed by atoms with Crippen molar-refractivity contribution in [2.75, 3.05) is 0 Å². The Morgan fingerprint density at radius 1 is 1.14 bits per heavy atom. The summed E-state index contributed by atoms with van der Waals surface area (Å²) in [5.41, 5.74) is 2.33. The molecule has 0 saturated heterocycles. The van der Waals surface area contributed by atoms with Crippen LogP contribution in [-0.4, -0.2) is 6.04 Å². The van der Waals surface area contributed by atoms with Gasteiger partial charge < -0.3 is 9.73 Å². The van der Waals surface area contributed by atoms with E-state index in [9.17, 15) is 0 Å². The van der Waals surface area contributed by atoms with Crippen LogP contribution in [-0.2, 0) is 0 Å². The van der Waals surface area contributed by atoms with Gasteiger partial charge in [0.2, 0.25) is 0 Å². The molecule has 2 aromatic rings. The highest BCUT2D eigenvalue weighted by atomic mass is 16.3. The Morgan fingerprint density at radius 2 is 1.86 bits per heavy atom. The van der Waals surface area contributed by atoms with Crippen molar-refractivity contribution in [1.29, 1.82) is 0 Å². The van der Waals surface area contributed by atoms with E-state index >= 15 is 0 Å². The van der Waals surface area contributed by atoms with Gasteiger partial charge in [0.1, 0.15) is 11.3 Å². The van der Waals surface area contributed by atoms with E-state index in [4.69, 9.17) is 4.42 Å². The molecule has 21 heavy (non-hydrogen) atoms. The number of hydrogen-bond donors (Lipinski definition) is 1. The molecule has 3 aliphatic rings. The fourth-order valence-electron chi connectivity index (χ4n) is 5.52. The van der Waals surface area contributed by atoms with Gasteiger partial charge >= 0.3 is 0 Å². The molecule has 0 radical (unpaired) electrons. The second kappa shape index (κ2) is 4.13. The first-order chi connectivity index (χ1) is 10.2. The smallest absolute Gasteiger partial charge is 0.134 e. The zero-order chi connectivity index (χ0) is 14.1. The normalized spacial score (nSPS) is 37.9. The van der Waals surface area contributed by atoms with Gasteiger partial charge in [0, 0.05) is 11.4 Å². The maximum atomic E-state index is 6.12. The molecule has 5 unspecified atom stereocenters. The van der Waals surface area contributed by atoms with E-state index in [1.54, 1.807) is 0 Å². The molecule has 2 bridgehead atoms. The second-order valence-corrected chi connectivity index (χ2v) is 7.49. The largest absolute Gasteiger partial charge is 0.459 e. The summed E-state index contributed by atoms with van der Waals surface area (Å²) in [5.74, 6) is 5.16. The third-order valence-electron chi connectivity index (χ3n) is 6.45. The van der Waals surface area contributed by atoms with Gasteiger partial charge in [0.05, 0.1) is 6.04 Å². The first-order valence-corrected chi connectivity index (χ1v) is 8.48. The summed E-state index contributed by atoms with van der Waals surface area (Å²) in [6.07, 6.45) is 4.50. The number of para-hydroxylation sites is 1. The number of hydrogen-bond acceptors (Lipinski definition) is 2. The maximum Gasteiger partial charge on any atom is 0.134 e. The molecule has 1 N–H and O–H groups in total. The molecular formula is C19H23NO. The molecule has 110 valence electrons. The van der Waals surface area contributed by atoms with E-state index in [2.05, 4.69) is 43.4 Å². The first kappa shape index (κ1) is 12.3. The number of furan rings is 1. The minimum absolute atomic E-state index is 0.326. The van der Waals surface area contributed by atoms with Crippen LogP contribution in [0.4, 0.5) is 0 Å². The Balaban J connectivity index is 1.39. The molecule has 1 aromatic heterocycles. The van der Waals surface area contributed by atoms with E-state index in [1.165, 1.54) is 30.2 Å². The van der Waals surface area contributed by atoms with Gasteiger partial charge in [-0.15, -0.1) is 0 Å². The predicted octanol–water partition coefficient (Wildman–Crippen LogP) is 4.44. The van der Waals surface area contributed by atoms with Gasteiger partial charge in [-0.25, -0.2) is 0 Å². The van der Waals surface area contributed by atoms with E-state index in [0.717, 1.165) is 41.1 Å². The average Bonchev–Trinajstić information content (AvgIpc) is 2.84. The van der Waals surface area contributed by atoms with Crippen LogP contribution in [0.3, 0.4) is 0 Å². The molecule has 3 aliphatic carbocycles. The molecule has 3 saturated carbocycles. The van der Waals surface area contributed by atoms with E-state index in [-0.39, 0.29) is 0 Å². The van der Waals surface area contributed by atoms with Crippen molar-refractivity contribution in [3.05, 3.63) is 35.6 Å². The van der Waals surface area contributed by atoms with Crippen molar-refractivity contribution in [2.45, 2.75) is 45.2 Å². The van der Waals surface area contributed by atoms with Crippen LogP contribution >= 0.6 is 0 Å². The Bertz CT molecular complexity index is 687. The van der Waals surface area contributed by atoms with Crippen LogP contribution in [0.2, 0.25) is 0 Å². The molecule has 2 nitrogen and oxygen atoms in total. The van der Waals surface area contributed by atoms with E-state index < -0.39 is 0 Å². The van der Waals surface area contributed by atoms with Gasteiger partial charge in [0.15, 0.2) is 0 Å². The lowest BCUT2D eigenvalue weighted by atomic mass is 10.0. The summed E-state index contributed by atoms with van der Waals surface area (Å²) in [7, 11) is 0. The minimum Gasteiger partial charge on any atom is -0.459 e. The molecule has 5 atom stereocenters. The summed E-state index contributed by atoms with van der Waals surface area (Å²) >= 11 is 0. The van der Waals surface area contributed by atoms with Gasteiger partial charge in [-0.3, -0.25) is 0 Å². The van der Waals surface area contributed by atoms with Crippen molar-refractivity contribution in [3.8, 4) is 0 Å². The predicted molar refractivity (Wildman–Crippen MR) is 84.1 cm³/mol. The lowest BCUT2D eigenvalue weighted by molar-refractivity contribution is 0.395. The zero-order valence-electron chi connectivity index (χ0n) is 12.8. The van der Waals surface area contributed by atoms with Crippen molar-refractivity contribution in [1.82, 2.24) is 5.32 Å². The third kappa shape index (κ3) is 1.63. The molecule has 3 fully saturated rings. The van der Waals surface area contributed by atoms with Crippen LogP contribution in [0.25, 0.3) is 11.0 Å². The van der Waals surface area contributed by atoms with Crippen molar-refractivity contribution in [2.24, 2.45) is 23.7 Å². The lowest BCUT2D eigenvalue weighted by Crippen LogP contribution is -2.26. The van der Waals surface area contributed by atoms with Gasteiger partial charge in [-0.05, 0) is 68.4 Å². The topological polar surface area (TPSA) is 25.2 Å². The monoisotopic (exact) mass is 281 g/mol. The molecule has 0 spiro atoms. The van der Waals surface area contributed by atoms with Crippen LogP contribution in [0.15, 0.2) is 28.7 Å². The number of benzene rings is 1. The maximum absolute atomic E-state index is 6.12. The fraction of sp³-hybridized carbons (Fsp3) is 0.579. The summed E-state index contributed by atoms with van der Waals surface area (Å²) < 4.78 is 6.12. The number of rotatable bonds is 3. The molecule has 1 aromatic carbocycles. The lowest BCUT2D eigenvalue weighted by Gasteiger charge is -2.16. The summed E-state index contributed by atoms with van der Waals surface area (Å²) in [6, 6.07) is 9.47. The summed E-state index contributed by atoms with van der Waals surface area (Å²) in [4.78, 5) is 0. The highest BCUT2D eigenvalue weighted by Crippen LogP contribution is 2.65. The van der Waals surface area contributed by atoms with Crippen molar-refractivity contribution < 1.29 is 4.42 Å². The molecule has 0 aliphatic heterocycles. The van der Waals surface area contributed by atoms with Crippen LogP contribution < -0.4 is 5.32 Å². The van der Waals surface area contributed by atoms with Crippen LogP contribution in [0, 0.1) is 30.6 Å². The van der Waals surface area contributed by atoms with Crippen molar-refractivity contribution >= 4 is 11.0 Å². The highest BCUT2D eigenvalue weighted by molar-refractivity contribution is 5.82. The van der Waals surface area contributed by atoms with Crippen molar-refractivity contribution in [3.63, 3.8) is 0 Å². The number of nitrogens with one attached hydrogen (secondary N) is 1. The summed E-state index contributed by atoms with van der Waals surface area (Å²) in [5, 5.41) is 5.14. The standard InChI is InChI=1S/C19H23NO/c1-10-14-5-3-4-6-15(14)21-19(10)11(2)20-18-16-12-7-8-13(9-12)17(16)18/h3-6,11-13,16-18,20H,7-9H2,1-2H3. The Hall–Kier alpha value is -1.28. The average molecular weight is 281 g/mol. The van der Waals surface area contributed by atoms with Crippen LogP contribution in [0.1, 0.15) is 43.6 Å². The SMILES string of the molecule is Cc1c(C(C)NC2C3C4CCC(C4)C23)oc2ccccc12. The highest BCUT2D eigenvalue weighted by Gasteiger charge is 2.64. The quantitative estimate of drug-likeness (QED) is 0.900. The summed E-state index contributed by atoms with van der Waals surface area (Å²) in [6.45, 7) is 4.46. The number of fused-ring (bicyclic) bond motifs is 6. The fourth-order valence-corrected chi connectivity index (χ4v) is 5.52. The molecule has 0 amide bonds. The first-order valence-electron chi connectivity index (χ1n) is 8.48. The molecule has 2 heteroatoms. The second-order valence-electron chi connectivity index (χ2n) is 7.49. The van der Waals surface area contributed by atoms with Gasteiger partial charge in [-0.1, -0.05) is 18.2 Å². The van der Waals surface area contributed by atoms with Gasteiger partial charge in [0.25, 0.3) is 0 Å². The van der Waals surface area contributed by atoms with E-state index in [0.29, 0.717) is 6.04 Å². The Labute approximate surface area is 125 Å². The van der Waals surface area contributed by atoms with E-state index in [1.807, 2.05) is 0 Å². The molecule has 5 rings (SSSR count). The third-order valence-corrected chi connectivity index (χ3v) is 6.45. The van der Waals surface area contributed by atoms with Gasteiger partial charge in [-0.2, -0.15) is 0 Å². The van der Waals surface area contributed by atoms with Crippen LogP contribution in [0.5, 0.6) is 0 Å². The molecule has 1 heterocycles.